The SMILES string of the molecule is CC1=CC=C(NC(=O)c2cc(Oc3ccc4c(c3)nc(Nc3ccc(Br)cc3)n4C)ccn2)CC1C. The first kappa shape index (κ1) is 23.8. The van der Waals surface area contributed by atoms with Gasteiger partial charge in [-0.05, 0) is 67.8 Å². The standard InChI is InChI=1S/C28H26BrN5O2/c1-17-4-7-21(14-18(17)2)31-27(35)25-16-23(12-13-30-25)36-22-10-11-26-24(15-22)33-28(34(26)3)32-20-8-5-19(29)6-9-20/h4-13,15-16,18H,14H2,1-3H3,(H,31,35)(H,32,33). The zero-order chi connectivity index (χ0) is 25.2. The zero-order valence-corrected chi connectivity index (χ0v) is 21.8. The fraction of sp³-hybridized carbons (Fsp3) is 0.179. The quantitative estimate of drug-likeness (QED) is 0.277. The number of ether oxygens (including phenoxy) is 1. The van der Waals surface area contributed by atoms with E-state index in [0.717, 1.165) is 39.3 Å². The average molecular weight is 544 g/mol. The highest BCUT2D eigenvalue weighted by molar-refractivity contribution is 9.10. The minimum atomic E-state index is -0.254. The molecule has 0 spiro atoms. The molecule has 1 atom stereocenters. The molecule has 0 bridgehead atoms. The van der Waals surface area contributed by atoms with Gasteiger partial charge in [-0.3, -0.25) is 9.78 Å². The molecule has 1 aliphatic rings. The summed E-state index contributed by atoms with van der Waals surface area (Å²) in [6.45, 7) is 4.25. The molecule has 2 N–H and O–H groups in total. The summed E-state index contributed by atoms with van der Waals surface area (Å²) in [5, 5.41) is 6.32. The second-order valence-electron chi connectivity index (χ2n) is 8.92. The number of anilines is 2. The highest BCUT2D eigenvalue weighted by Gasteiger charge is 2.16. The first-order chi connectivity index (χ1) is 17.4. The molecular formula is C28H26BrN5O2. The van der Waals surface area contributed by atoms with Gasteiger partial charge in [0.1, 0.15) is 17.2 Å². The third kappa shape index (κ3) is 5.18. The summed E-state index contributed by atoms with van der Waals surface area (Å²) >= 11 is 3.45. The van der Waals surface area contributed by atoms with Crippen molar-refractivity contribution in [2.75, 3.05) is 5.32 Å². The number of amides is 1. The summed E-state index contributed by atoms with van der Waals surface area (Å²) in [5.74, 6) is 2.03. The lowest BCUT2D eigenvalue weighted by molar-refractivity contribution is 0.0958. The molecule has 0 saturated carbocycles. The molecule has 0 saturated heterocycles. The Bertz CT molecular complexity index is 1500. The average Bonchev–Trinajstić information content (AvgIpc) is 3.17. The fourth-order valence-corrected chi connectivity index (χ4v) is 4.27. The van der Waals surface area contributed by atoms with Crippen LogP contribution in [0.3, 0.4) is 0 Å². The van der Waals surface area contributed by atoms with Crippen molar-refractivity contribution in [2.24, 2.45) is 13.0 Å². The maximum absolute atomic E-state index is 12.8. The Hall–Kier alpha value is -3.91. The van der Waals surface area contributed by atoms with E-state index in [2.05, 4.69) is 45.4 Å². The molecule has 0 radical (unpaired) electrons. The number of carbonyl (C=O) groups is 1. The maximum Gasteiger partial charge on any atom is 0.274 e. The highest BCUT2D eigenvalue weighted by Crippen LogP contribution is 2.29. The number of allylic oxidation sites excluding steroid dienone is 4. The fourth-order valence-electron chi connectivity index (χ4n) is 4.01. The number of fused-ring (bicyclic) bond motifs is 1. The van der Waals surface area contributed by atoms with Crippen LogP contribution in [0, 0.1) is 5.92 Å². The summed E-state index contributed by atoms with van der Waals surface area (Å²) in [6.07, 6.45) is 6.37. The van der Waals surface area contributed by atoms with Gasteiger partial charge in [0.05, 0.1) is 11.0 Å². The molecule has 7 nitrogen and oxygen atoms in total. The lowest BCUT2D eigenvalue weighted by Crippen LogP contribution is -2.25. The van der Waals surface area contributed by atoms with E-state index < -0.39 is 0 Å². The number of rotatable bonds is 6. The number of nitrogens with one attached hydrogen (secondary N) is 2. The van der Waals surface area contributed by atoms with E-state index in [9.17, 15) is 4.79 Å². The Labute approximate surface area is 218 Å². The number of aromatic nitrogens is 3. The van der Waals surface area contributed by atoms with E-state index >= 15 is 0 Å². The van der Waals surface area contributed by atoms with Crippen LogP contribution >= 0.6 is 15.9 Å². The van der Waals surface area contributed by atoms with Crippen molar-refractivity contribution in [3.8, 4) is 11.5 Å². The monoisotopic (exact) mass is 543 g/mol. The molecule has 0 aliphatic heterocycles. The van der Waals surface area contributed by atoms with E-state index in [1.165, 1.54) is 5.57 Å². The van der Waals surface area contributed by atoms with Crippen molar-refractivity contribution in [1.82, 2.24) is 19.9 Å². The number of pyridine rings is 1. The normalized spacial score (nSPS) is 15.3. The molecule has 1 unspecified atom stereocenters. The van der Waals surface area contributed by atoms with Gasteiger partial charge in [0.15, 0.2) is 0 Å². The lowest BCUT2D eigenvalue weighted by atomic mass is 9.92. The molecule has 1 amide bonds. The molecular weight excluding hydrogens is 518 g/mol. The van der Waals surface area contributed by atoms with Gasteiger partial charge in [-0.25, -0.2) is 4.98 Å². The Morgan fingerprint density at radius 3 is 2.64 bits per heavy atom. The van der Waals surface area contributed by atoms with Gasteiger partial charge in [-0.15, -0.1) is 0 Å². The van der Waals surface area contributed by atoms with Gasteiger partial charge in [0.25, 0.3) is 5.91 Å². The second-order valence-corrected chi connectivity index (χ2v) is 9.83. The largest absolute Gasteiger partial charge is 0.457 e. The number of hydrogen-bond donors (Lipinski definition) is 2. The number of carbonyl (C=O) groups excluding carboxylic acids is 1. The molecule has 0 fully saturated rings. The zero-order valence-electron chi connectivity index (χ0n) is 20.2. The Balaban J connectivity index is 1.31. The van der Waals surface area contributed by atoms with Crippen LogP contribution in [0.1, 0.15) is 30.8 Å². The number of benzene rings is 2. The van der Waals surface area contributed by atoms with Crippen LogP contribution in [0.4, 0.5) is 11.6 Å². The summed E-state index contributed by atoms with van der Waals surface area (Å²) in [4.78, 5) is 21.7. The van der Waals surface area contributed by atoms with Crippen LogP contribution in [0.15, 0.2) is 88.7 Å². The summed E-state index contributed by atoms with van der Waals surface area (Å²) in [6, 6.07) is 17.0. The first-order valence-electron chi connectivity index (χ1n) is 11.7. The van der Waals surface area contributed by atoms with E-state index in [4.69, 9.17) is 9.72 Å². The molecule has 36 heavy (non-hydrogen) atoms. The van der Waals surface area contributed by atoms with Crippen molar-refractivity contribution < 1.29 is 9.53 Å². The maximum atomic E-state index is 12.8. The number of aryl methyl sites for hydroxylation is 1. The smallest absolute Gasteiger partial charge is 0.274 e. The number of hydrogen-bond acceptors (Lipinski definition) is 5. The Morgan fingerprint density at radius 1 is 1.08 bits per heavy atom. The molecule has 182 valence electrons. The predicted octanol–water partition coefficient (Wildman–Crippen LogP) is 6.87. The predicted molar refractivity (Wildman–Crippen MR) is 146 cm³/mol. The number of halogens is 1. The van der Waals surface area contributed by atoms with Crippen molar-refractivity contribution in [1.29, 1.82) is 0 Å². The van der Waals surface area contributed by atoms with Crippen LogP contribution in [0.5, 0.6) is 11.5 Å². The van der Waals surface area contributed by atoms with E-state index in [0.29, 0.717) is 23.1 Å². The van der Waals surface area contributed by atoms with Crippen LogP contribution in [-0.2, 0) is 7.05 Å². The summed E-state index contributed by atoms with van der Waals surface area (Å²) in [7, 11) is 1.96. The third-order valence-electron chi connectivity index (χ3n) is 6.28. The minimum Gasteiger partial charge on any atom is -0.457 e. The van der Waals surface area contributed by atoms with E-state index in [1.54, 1.807) is 18.3 Å². The summed E-state index contributed by atoms with van der Waals surface area (Å²) < 4.78 is 9.07. The molecule has 2 heterocycles. The molecule has 5 rings (SSSR count). The molecule has 8 heteroatoms. The van der Waals surface area contributed by atoms with Crippen LogP contribution < -0.4 is 15.4 Å². The van der Waals surface area contributed by atoms with Crippen LogP contribution in [0.25, 0.3) is 11.0 Å². The lowest BCUT2D eigenvalue weighted by Gasteiger charge is -2.19. The van der Waals surface area contributed by atoms with Crippen LogP contribution in [-0.4, -0.2) is 20.4 Å². The van der Waals surface area contributed by atoms with Gasteiger partial charge >= 0.3 is 0 Å². The highest BCUT2D eigenvalue weighted by atomic mass is 79.9. The first-order valence-corrected chi connectivity index (χ1v) is 12.5. The molecule has 2 aromatic carbocycles. The van der Waals surface area contributed by atoms with E-state index in [1.807, 2.05) is 66.2 Å². The molecule has 4 aromatic rings. The van der Waals surface area contributed by atoms with Crippen molar-refractivity contribution >= 4 is 44.5 Å². The number of imidazole rings is 1. The Kier molecular flexibility index (Phi) is 6.61. The van der Waals surface area contributed by atoms with Crippen molar-refractivity contribution in [3.63, 3.8) is 0 Å². The van der Waals surface area contributed by atoms with Gasteiger partial charge in [0, 0.05) is 41.2 Å². The third-order valence-corrected chi connectivity index (χ3v) is 6.81. The van der Waals surface area contributed by atoms with Gasteiger partial charge in [-0.1, -0.05) is 34.5 Å². The van der Waals surface area contributed by atoms with Crippen molar-refractivity contribution in [2.45, 2.75) is 20.3 Å². The molecule has 2 aromatic heterocycles. The number of nitrogens with zero attached hydrogens (tertiary/aromatic N) is 3. The molecule has 1 aliphatic carbocycles. The van der Waals surface area contributed by atoms with Crippen LogP contribution in [0.2, 0.25) is 0 Å². The summed E-state index contributed by atoms with van der Waals surface area (Å²) in [5.41, 5.74) is 5.20. The van der Waals surface area contributed by atoms with Gasteiger partial charge < -0.3 is 19.9 Å². The topological polar surface area (TPSA) is 81.1 Å². The van der Waals surface area contributed by atoms with Gasteiger partial charge in [-0.2, -0.15) is 0 Å². The minimum absolute atomic E-state index is 0.254. The second kappa shape index (κ2) is 9.99. The van der Waals surface area contributed by atoms with Gasteiger partial charge in [0.2, 0.25) is 5.95 Å². The van der Waals surface area contributed by atoms with E-state index in [-0.39, 0.29) is 5.91 Å². The Morgan fingerprint density at radius 2 is 1.86 bits per heavy atom. The van der Waals surface area contributed by atoms with Crippen molar-refractivity contribution in [3.05, 3.63) is 94.4 Å².